The van der Waals surface area contributed by atoms with Gasteiger partial charge < -0.3 is 9.30 Å². The lowest BCUT2D eigenvalue weighted by Crippen LogP contribution is -2.19. The lowest BCUT2D eigenvalue weighted by atomic mass is 10.2. The number of aryl methyl sites for hydroxylation is 1. The summed E-state index contributed by atoms with van der Waals surface area (Å²) in [5.41, 5.74) is 4.59. The third kappa shape index (κ3) is 5.96. The van der Waals surface area contributed by atoms with Gasteiger partial charge in [-0.05, 0) is 37.3 Å². The van der Waals surface area contributed by atoms with Gasteiger partial charge in [0, 0.05) is 27.1 Å². The van der Waals surface area contributed by atoms with Gasteiger partial charge in [-0.25, -0.2) is 5.43 Å². The average molecular weight is 530 g/mol. The van der Waals surface area contributed by atoms with Crippen molar-refractivity contribution in [2.45, 2.75) is 17.8 Å². The normalized spacial score (nSPS) is 11.3. The molecule has 1 amide bonds. The molecule has 0 fully saturated rings. The van der Waals surface area contributed by atoms with E-state index in [0.29, 0.717) is 13.2 Å². The number of aromatic nitrogens is 3. The topological polar surface area (TPSA) is 81.4 Å². The van der Waals surface area contributed by atoms with Crippen molar-refractivity contribution in [3.05, 3.63) is 69.8 Å². The number of fused-ring (bicyclic) bond motifs is 1. The zero-order chi connectivity index (χ0) is 22.3. The van der Waals surface area contributed by atoms with Crippen LogP contribution in [0.15, 0.2) is 68.6 Å². The fourth-order valence-electron chi connectivity index (χ4n) is 3.03. The maximum Gasteiger partial charge on any atom is 0.250 e. The first-order valence-electron chi connectivity index (χ1n) is 9.79. The molecule has 0 radical (unpaired) electrons. The van der Waals surface area contributed by atoms with Crippen LogP contribution in [0.25, 0.3) is 10.9 Å². The third-order valence-electron chi connectivity index (χ3n) is 4.46. The highest BCUT2D eigenvalue weighted by atomic mass is 79.9. The summed E-state index contributed by atoms with van der Waals surface area (Å²) in [5, 5.41) is 14.0. The number of carbonyl (C=O) groups excluding carboxylic acids is 1. The first kappa shape index (κ1) is 22.5. The van der Waals surface area contributed by atoms with Crippen molar-refractivity contribution < 1.29 is 9.53 Å². The van der Waals surface area contributed by atoms with Gasteiger partial charge in [-0.15, -0.1) is 10.2 Å². The van der Waals surface area contributed by atoms with E-state index in [0.717, 1.165) is 36.0 Å². The Bertz CT molecular complexity index is 1240. The summed E-state index contributed by atoms with van der Waals surface area (Å²) in [4.78, 5) is 12.1. The molecule has 0 saturated heterocycles. The molecule has 0 spiro atoms. The molecule has 2 heterocycles. The van der Waals surface area contributed by atoms with E-state index >= 15 is 0 Å². The predicted octanol–water partition coefficient (Wildman–Crippen LogP) is 4.89. The number of para-hydroxylation sites is 1. The second-order valence-corrected chi connectivity index (χ2v) is 10.1. The van der Waals surface area contributed by atoms with Gasteiger partial charge in [0.05, 0.1) is 18.5 Å². The van der Waals surface area contributed by atoms with Crippen molar-refractivity contribution in [1.29, 1.82) is 0 Å². The van der Waals surface area contributed by atoms with E-state index in [2.05, 4.69) is 47.3 Å². The average Bonchev–Trinajstić information content (AvgIpc) is 3.37. The van der Waals surface area contributed by atoms with Crippen molar-refractivity contribution in [3.63, 3.8) is 0 Å². The maximum atomic E-state index is 12.1. The summed E-state index contributed by atoms with van der Waals surface area (Å²) in [7, 11) is 0. The van der Waals surface area contributed by atoms with Gasteiger partial charge in [0.2, 0.25) is 0 Å². The second-order valence-electron chi connectivity index (χ2n) is 6.77. The number of amides is 1. The molecule has 0 aliphatic carbocycles. The lowest BCUT2D eigenvalue weighted by molar-refractivity contribution is -0.118. The maximum absolute atomic E-state index is 12.1. The van der Waals surface area contributed by atoms with E-state index in [4.69, 9.17) is 4.74 Å². The number of nitrogens with zero attached hydrogens (tertiary/aromatic N) is 4. The van der Waals surface area contributed by atoms with Crippen LogP contribution in [0.5, 0.6) is 5.75 Å². The number of rotatable bonds is 9. The molecule has 32 heavy (non-hydrogen) atoms. The largest absolute Gasteiger partial charge is 0.492 e. The van der Waals surface area contributed by atoms with Crippen LogP contribution >= 0.6 is 39.0 Å². The second kappa shape index (κ2) is 10.8. The molecule has 0 bridgehead atoms. The van der Waals surface area contributed by atoms with E-state index in [1.54, 1.807) is 6.21 Å². The molecule has 164 valence electrons. The number of hydrazone groups is 1. The number of carbonyl (C=O) groups is 1. The molecule has 1 N–H and O–H groups in total. The minimum Gasteiger partial charge on any atom is -0.492 e. The summed E-state index contributed by atoms with van der Waals surface area (Å²) in [6.45, 7) is 3.11. The molecule has 4 rings (SSSR count). The van der Waals surface area contributed by atoms with E-state index in [9.17, 15) is 4.79 Å². The number of hydrogen-bond donors (Lipinski definition) is 1. The number of ether oxygens (including phenoxy) is 1. The molecule has 2 aromatic carbocycles. The van der Waals surface area contributed by atoms with Gasteiger partial charge in [0.15, 0.2) is 4.34 Å². The quantitative estimate of drug-likeness (QED) is 0.190. The number of hydrogen-bond acceptors (Lipinski definition) is 7. The first-order chi connectivity index (χ1) is 15.6. The van der Waals surface area contributed by atoms with Gasteiger partial charge in [0.1, 0.15) is 17.4 Å². The molecule has 4 aromatic rings. The highest BCUT2D eigenvalue weighted by Crippen LogP contribution is 2.22. The van der Waals surface area contributed by atoms with Crippen molar-refractivity contribution in [2.75, 3.05) is 12.4 Å². The zero-order valence-electron chi connectivity index (χ0n) is 17.2. The van der Waals surface area contributed by atoms with E-state index in [1.165, 1.54) is 23.1 Å². The highest BCUT2D eigenvalue weighted by molar-refractivity contribution is 9.10. The predicted molar refractivity (Wildman–Crippen MR) is 133 cm³/mol. The minimum atomic E-state index is -0.189. The Labute approximate surface area is 202 Å². The van der Waals surface area contributed by atoms with Crippen LogP contribution < -0.4 is 10.2 Å². The summed E-state index contributed by atoms with van der Waals surface area (Å²) in [6, 6.07) is 15.9. The minimum absolute atomic E-state index is 0.189. The van der Waals surface area contributed by atoms with Crippen LogP contribution in [-0.2, 0) is 11.3 Å². The van der Waals surface area contributed by atoms with Crippen molar-refractivity contribution >= 4 is 62.1 Å². The molecule has 7 nitrogen and oxygen atoms in total. The number of nitrogens with one attached hydrogen (secondary N) is 1. The van der Waals surface area contributed by atoms with Gasteiger partial charge in [-0.2, -0.15) is 5.10 Å². The van der Waals surface area contributed by atoms with Crippen LogP contribution in [0.3, 0.4) is 0 Å². The zero-order valence-corrected chi connectivity index (χ0v) is 20.4. The van der Waals surface area contributed by atoms with Gasteiger partial charge in [-0.1, -0.05) is 57.2 Å². The smallest absolute Gasteiger partial charge is 0.250 e. The Morgan fingerprint density at radius 2 is 2.06 bits per heavy atom. The van der Waals surface area contributed by atoms with Gasteiger partial charge in [0.25, 0.3) is 5.91 Å². The van der Waals surface area contributed by atoms with Gasteiger partial charge in [-0.3, -0.25) is 4.79 Å². The molecule has 0 aliphatic rings. The number of benzene rings is 2. The van der Waals surface area contributed by atoms with E-state index < -0.39 is 0 Å². The molecule has 0 saturated carbocycles. The Morgan fingerprint density at radius 1 is 1.25 bits per heavy atom. The van der Waals surface area contributed by atoms with Crippen molar-refractivity contribution in [1.82, 2.24) is 20.2 Å². The molecule has 2 aromatic heterocycles. The molecule has 0 aliphatic heterocycles. The fourth-order valence-corrected chi connectivity index (χ4v) is 4.90. The van der Waals surface area contributed by atoms with Gasteiger partial charge >= 0.3 is 0 Å². The van der Waals surface area contributed by atoms with Crippen LogP contribution in [0.2, 0.25) is 0 Å². The summed E-state index contributed by atoms with van der Waals surface area (Å²) < 4.78 is 9.78. The van der Waals surface area contributed by atoms with Crippen molar-refractivity contribution in [3.8, 4) is 5.75 Å². The number of thioether (sulfide) groups is 1. The molecular weight excluding hydrogens is 510 g/mol. The summed E-state index contributed by atoms with van der Waals surface area (Å²) >= 11 is 6.24. The Morgan fingerprint density at radius 3 is 2.84 bits per heavy atom. The Balaban J connectivity index is 1.36. The van der Waals surface area contributed by atoms with Crippen LogP contribution in [0.4, 0.5) is 0 Å². The monoisotopic (exact) mass is 529 g/mol. The third-order valence-corrected chi connectivity index (χ3v) is 6.96. The Hall–Kier alpha value is -2.69. The molecule has 0 unspecified atom stereocenters. The van der Waals surface area contributed by atoms with E-state index in [1.807, 2.05) is 55.6 Å². The number of halogens is 1. The molecule has 0 atom stereocenters. The van der Waals surface area contributed by atoms with Crippen LogP contribution in [0.1, 0.15) is 10.6 Å². The fraction of sp³-hybridized carbons (Fsp3) is 0.182. The lowest BCUT2D eigenvalue weighted by Gasteiger charge is -2.08. The van der Waals surface area contributed by atoms with E-state index in [-0.39, 0.29) is 11.7 Å². The summed E-state index contributed by atoms with van der Waals surface area (Å²) in [6.07, 6.45) is 3.69. The Kier molecular flexibility index (Phi) is 7.56. The van der Waals surface area contributed by atoms with Crippen molar-refractivity contribution in [2.24, 2.45) is 5.10 Å². The SMILES string of the molecule is Cc1nnc(SCC(=O)N/N=C/c2cn(CCOc3ccc(Br)cc3)c3ccccc23)s1. The van der Waals surface area contributed by atoms with Crippen LogP contribution in [-0.4, -0.2) is 39.2 Å². The van der Waals surface area contributed by atoms with Crippen LogP contribution in [0, 0.1) is 6.92 Å². The summed E-state index contributed by atoms with van der Waals surface area (Å²) in [5.74, 6) is 0.877. The standard InChI is InChI=1S/C22H20BrN5O2S2/c1-15-25-27-22(32-15)31-14-21(29)26-24-12-16-13-28(20-5-3-2-4-19(16)20)10-11-30-18-8-6-17(23)7-9-18/h2-9,12-13H,10-11,14H2,1H3,(H,26,29)/b24-12+. The first-order valence-corrected chi connectivity index (χ1v) is 12.4. The molecular formula is C22H20BrN5O2S2. The highest BCUT2D eigenvalue weighted by Gasteiger charge is 2.08. The molecule has 10 heteroatoms.